The summed E-state index contributed by atoms with van der Waals surface area (Å²) in [7, 11) is -2.35. The topological polar surface area (TPSA) is 225 Å². The SMILES string of the molecule is CS(CC[C@H](N)C(=O)O)(C[C@H]1O[C@@H](n2cnc3c(N)ncnc32)[C@H](O)[C@@H]1O)OC(=O)CCc1c[nH]c2ccccc12. The van der Waals surface area contributed by atoms with Crippen LogP contribution >= 0.6 is 10.3 Å². The van der Waals surface area contributed by atoms with Gasteiger partial charge in [0.05, 0.1) is 18.9 Å². The lowest BCUT2D eigenvalue weighted by Gasteiger charge is -2.37. The van der Waals surface area contributed by atoms with E-state index in [4.69, 9.17) is 20.4 Å². The van der Waals surface area contributed by atoms with E-state index in [9.17, 15) is 24.9 Å². The molecule has 1 aliphatic heterocycles. The molecule has 1 unspecified atom stereocenters. The van der Waals surface area contributed by atoms with Gasteiger partial charge in [0.15, 0.2) is 17.7 Å². The number of nitrogens with one attached hydrogen (secondary N) is 1. The highest BCUT2D eigenvalue weighted by Crippen LogP contribution is 2.50. The molecule has 4 heterocycles. The summed E-state index contributed by atoms with van der Waals surface area (Å²) in [5.41, 5.74) is 14.2. The average Bonchev–Trinajstić information content (AvgIpc) is 3.63. The third-order valence-corrected chi connectivity index (χ3v) is 9.98. The Labute approximate surface area is 236 Å². The Bertz CT molecular complexity index is 1560. The molecule has 0 spiro atoms. The van der Waals surface area contributed by atoms with Crippen LogP contribution < -0.4 is 11.5 Å². The number of fused-ring (bicyclic) bond motifs is 2. The number of carboxylic acid groups (broad SMARTS) is 1. The lowest BCUT2D eigenvalue weighted by Crippen LogP contribution is -2.37. The van der Waals surface area contributed by atoms with Crippen molar-refractivity contribution in [1.29, 1.82) is 0 Å². The second kappa shape index (κ2) is 11.6. The minimum atomic E-state index is -2.35. The van der Waals surface area contributed by atoms with Crippen LogP contribution in [0.5, 0.6) is 0 Å². The molecule has 41 heavy (non-hydrogen) atoms. The smallest absolute Gasteiger partial charge is 0.320 e. The number of aromatic nitrogens is 5. The Kier molecular flexibility index (Phi) is 8.15. The number of carboxylic acids is 1. The van der Waals surface area contributed by atoms with Crippen LogP contribution in [-0.2, 0) is 24.9 Å². The molecule has 3 aromatic heterocycles. The molecule has 6 atom stereocenters. The Morgan fingerprint density at radius 1 is 1.22 bits per heavy atom. The number of nitrogen functional groups attached to an aromatic ring is 1. The monoisotopic (exact) mass is 587 g/mol. The summed E-state index contributed by atoms with van der Waals surface area (Å²) in [5.74, 6) is -1.25. The molecule has 1 aromatic carbocycles. The first-order valence-corrected chi connectivity index (χ1v) is 15.3. The highest BCUT2D eigenvalue weighted by molar-refractivity contribution is 8.29. The number of aliphatic carboxylic acids is 1. The van der Waals surface area contributed by atoms with Gasteiger partial charge in [-0.25, -0.2) is 15.0 Å². The minimum Gasteiger partial charge on any atom is -0.480 e. The van der Waals surface area contributed by atoms with Crippen LogP contribution in [0.1, 0.15) is 24.6 Å². The van der Waals surface area contributed by atoms with Gasteiger partial charge in [-0.1, -0.05) is 28.5 Å². The van der Waals surface area contributed by atoms with E-state index in [0.29, 0.717) is 17.6 Å². The van der Waals surface area contributed by atoms with Gasteiger partial charge in [-0.3, -0.25) is 14.2 Å². The number of hydrogen-bond acceptors (Lipinski definition) is 11. The van der Waals surface area contributed by atoms with Gasteiger partial charge in [0, 0.05) is 28.6 Å². The van der Waals surface area contributed by atoms with Crippen molar-refractivity contribution in [2.75, 3.05) is 23.5 Å². The van der Waals surface area contributed by atoms with Crippen molar-refractivity contribution in [3.63, 3.8) is 0 Å². The van der Waals surface area contributed by atoms with Crippen molar-refractivity contribution in [3.05, 3.63) is 48.7 Å². The van der Waals surface area contributed by atoms with E-state index in [1.54, 1.807) is 6.26 Å². The summed E-state index contributed by atoms with van der Waals surface area (Å²) in [6, 6.07) is 6.62. The van der Waals surface area contributed by atoms with Crippen molar-refractivity contribution >= 4 is 50.1 Å². The van der Waals surface area contributed by atoms with Crippen LogP contribution in [0.2, 0.25) is 0 Å². The molecule has 1 saturated heterocycles. The number of anilines is 1. The van der Waals surface area contributed by atoms with E-state index in [-0.39, 0.29) is 30.2 Å². The Balaban J connectivity index is 1.31. The number of rotatable bonds is 11. The van der Waals surface area contributed by atoms with Gasteiger partial charge in [0.1, 0.15) is 30.1 Å². The summed E-state index contributed by atoms with van der Waals surface area (Å²) in [4.78, 5) is 39.9. The highest BCUT2D eigenvalue weighted by atomic mass is 32.3. The van der Waals surface area contributed by atoms with Gasteiger partial charge in [0.2, 0.25) is 0 Å². The maximum absolute atomic E-state index is 13.1. The molecule has 8 N–H and O–H groups in total. The second-order valence-electron chi connectivity index (χ2n) is 10.2. The predicted molar refractivity (Wildman–Crippen MR) is 152 cm³/mol. The van der Waals surface area contributed by atoms with Gasteiger partial charge in [-0.05, 0) is 30.7 Å². The van der Waals surface area contributed by atoms with Crippen LogP contribution in [0.3, 0.4) is 0 Å². The van der Waals surface area contributed by atoms with E-state index in [1.165, 1.54) is 17.2 Å². The molecule has 0 saturated carbocycles. The van der Waals surface area contributed by atoms with E-state index in [1.807, 2.05) is 30.5 Å². The number of H-pyrrole nitrogens is 1. The first-order chi connectivity index (χ1) is 19.6. The van der Waals surface area contributed by atoms with Crippen molar-refractivity contribution in [1.82, 2.24) is 24.5 Å². The maximum atomic E-state index is 13.1. The molecule has 1 aliphatic rings. The summed E-state index contributed by atoms with van der Waals surface area (Å²) in [6.45, 7) is 0. The fourth-order valence-electron chi connectivity index (χ4n) is 5.00. The number of aliphatic hydroxyl groups is 2. The van der Waals surface area contributed by atoms with Crippen molar-refractivity contribution in [2.24, 2.45) is 5.73 Å². The minimum absolute atomic E-state index is 0.0496. The molecule has 15 heteroatoms. The number of aryl methyl sites for hydroxylation is 1. The quantitative estimate of drug-likeness (QED) is 0.144. The largest absolute Gasteiger partial charge is 0.480 e. The number of nitrogens with zero attached hydrogens (tertiary/aromatic N) is 4. The zero-order chi connectivity index (χ0) is 29.3. The molecule has 220 valence electrons. The van der Waals surface area contributed by atoms with Gasteiger partial charge in [0.25, 0.3) is 0 Å². The molecule has 0 amide bonds. The number of imidazole rings is 1. The number of carbonyl (C=O) groups is 2. The third-order valence-electron chi connectivity index (χ3n) is 7.26. The van der Waals surface area contributed by atoms with Crippen LogP contribution in [0.15, 0.2) is 43.1 Å². The average molecular weight is 588 g/mol. The van der Waals surface area contributed by atoms with E-state index in [2.05, 4.69) is 19.9 Å². The number of benzene rings is 1. The number of nitrogens with two attached hydrogens (primary N) is 2. The van der Waals surface area contributed by atoms with Crippen molar-refractivity contribution < 1.29 is 33.8 Å². The summed E-state index contributed by atoms with van der Waals surface area (Å²) < 4.78 is 13.5. The van der Waals surface area contributed by atoms with Crippen molar-refractivity contribution in [2.45, 2.75) is 49.8 Å². The number of aromatic amines is 1. The predicted octanol–water partition coefficient (Wildman–Crippen LogP) is 0.836. The van der Waals surface area contributed by atoms with Crippen LogP contribution in [0, 0.1) is 0 Å². The number of carbonyl (C=O) groups excluding carboxylic acids is 1. The van der Waals surface area contributed by atoms with E-state index >= 15 is 0 Å². The van der Waals surface area contributed by atoms with Crippen LogP contribution in [-0.4, -0.2) is 93.9 Å². The van der Waals surface area contributed by atoms with Gasteiger partial charge >= 0.3 is 11.9 Å². The number of ether oxygens (including phenoxy) is 1. The molecule has 5 rings (SSSR count). The van der Waals surface area contributed by atoms with Crippen molar-refractivity contribution in [3.8, 4) is 0 Å². The summed E-state index contributed by atoms with van der Waals surface area (Å²) in [5, 5.41) is 32.1. The van der Waals surface area contributed by atoms with Crippen LogP contribution in [0.4, 0.5) is 5.82 Å². The Hall–Kier alpha value is -3.76. The lowest BCUT2D eigenvalue weighted by molar-refractivity contribution is -0.138. The zero-order valence-corrected chi connectivity index (χ0v) is 23.1. The first-order valence-electron chi connectivity index (χ1n) is 13.0. The molecule has 4 aromatic rings. The number of aliphatic hydroxyl groups excluding tert-OH is 2. The van der Waals surface area contributed by atoms with E-state index < -0.39 is 52.8 Å². The van der Waals surface area contributed by atoms with Gasteiger partial charge in [-0.15, -0.1) is 0 Å². The Morgan fingerprint density at radius 3 is 2.78 bits per heavy atom. The summed E-state index contributed by atoms with van der Waals surface area (Å²) in [6.07, 6.45) is 2.15. The van der Waals surface area contributed by atoms with Gasteiger partial charge in [-0.2, -0.15) is 0 Å². The fourth-order valence-corrected chi connectivity index (χ4v) is 7.57. The molecular formula is C26H33N7O7S. The fraction of sp³-hybridized carbons (Fsp3) is 0.423. The number of hydrogen-bond donors (Lipinski definition) is 6. The van der Waals surface area contributed by atoms with Crippen LogP contribution in [0.25, 0.3) is 22.1 Å². The second-order valence-corrected chi connectivity index (χ2v) is 13.5. The molecule has 0 radical (unpaired) electrons. The molecular weight excluding hydrogens is 554 g/mol. The normalized spacial score (nSPS) is 23.8. The molecule has 0 aliphatic carbocycles. The van der Waals surface area contributed by atoms with E-state index in [0.717, 1.165) is 16.5 Å². The molecule has 1 fully saturated rings. The standard InChI is InChI=1S/C26H33N7O7S/c1-41(9-8-16(27)26(37)38,40-19(34)7-6-14-10-29-17-5-3-2-4-15(14)17)11-18-21(35)22(36)25(39-18)33-13-32-20-23(28)30-12-31-24(20)33/h2-5,10,12-13,16,18,21-22,25,29,35-36H,6-9,11,27H2,1H3,(H,37,38)(H2,28,30,31)/t16-,18+,21+,22+,25+/m0/s1. The number of para-hydroxylation sites is 1. The highest BCUT2D eigenvalue weighted by Gasteiger charge is 2.47. The molecule has 0 bridgehead atoms. The molecule has 14 nitrogen and oxygen atoms in total. The summed E-state index contributed by atoms with van der Waals surface area (Å²) >= 11 is 0. The first kappa shape index (κ1) is 28.8. The maximum Gasteiger partial charge on any atom is 0.320 e. The zero-order valence-electron chi connectivity index (χ0n) is 22.3. The van der Waals surface area contributed by atoms with Gasteiger partial charge < -0.3 is 40.7 Å². The Morgan fingerprint density at radius 2 is 2.00 bits per heavy atom. The third kappa shape index (κ3) is 5.99. The lowest BCUT2D eigenvalue weighted by atomic mass is 10.1.